The molecule has 2 atom stereocenters. The summed E-state index contributed by atoms with van der Waals surface area (Å²) in [5.41, 5.74) is -0.0679. The topological polar surface area (TPSA) is 145 Å². The van der Waals surface area contributed by atoms with Crippen LogP contribution in [-0.4, -0.2) is 29.3 Å². The van der Waals surface area contributed by atoms with Crippen molar-refractivity contribution in [1.82, 2.24) is 5.09 Å². The van der Waals surface area contributed by atoms with E-state index in [1.54, 1.807) is 42.5 Å². The van der Waals surface area contributed by atoms with Crippen molar-refractivity contribution in [3.05, 3.63) is 83.0 Å². The quantitative estimate of drug-likeness (QED) is 0.227. The minimum absolute atomic E-state index is 0.0399. The van der Waals surface area contributed by atoms with Gasteiger partial charge in [0.2, 0.25) is 0 Å². The van der Waals surface area contributed by atoms with Gasteiger partial charge in [-0.2, -0.15) is 5.09 Å². The van der Waals surface area contributed by atoms with Gasteiger partial charge in [-0.1, -0.05) is 18.2 Å². The highest BCUT2D eigenvalue weighted by Crippen LogP contribution is 2.46. The lowest BCUT2D eigenvalue weighted by molar-refractivity contribution is -0.142. The molecule has 0 fully saturated rings. The van der Waals surface area contributed by atoms with Gasteiger partial charge in [0.25, 0.3) is 0 Å². The second kappa shape index (κ2) is 10.2. The lowest BCUT2D eigenvalue weighted by Crippen LogP contribution is -2.35. The molecule has 36 heavy (non-hydrogen) atoms. The molecule has 0 spiro atoms. The third kappa shape index (κ3) is 5.51. The van der Waals surface area contributed by atoms with Gasteiger partial charge in [-0.05, 0) is 43.3 Å². The molecule has 3 aromatic carbocycles. The Bertz CT molecular complexity index is 1500. The van der Waals surface area contributed by atoms with Crippen LogP contribution in [0, 0.1) is 0 Å². The molecule has 0 aliphatic rings. The molecule has 1 unspecified atom stereocenters. The van der Waals surface area contributed by atoms with E-state index in [0.29, 0.717) is 5.56 Å². The summed E-state index contributed by atoms with van der Waals surface area (Å²) in [6.45, 7) is 1.41. The van der Waals surface area contributed by atoms with Gasteiger partial charge in [0.15, 0.2) is 5.43 Å². The lowest BCUT2D eigenvalue weighted by atomic mass is 10.1. The Kier molecular flexibility index (Phi) is 7.00. The molecular weight excluding hydrogens is 489 g/mol. The maximum atomic E-state index is 13.7. The number of methoxy groups -OCH3 is 1. The van der Waals surface area contributed by atoms with E-state index in [-0.39, 0.29) is 34.0 Å². The third-order valence-electron chi connectivity index (χ3n) is 5.04. The Morgan fingerprint density at radius 2 is 1.64 bits per heavy atom. The second-order valence-corrected chi connectivity index (χ2v) is 9.32. The number of para-hydroxylation sites is 1. The minimum Gasteiger partial charge on any atom is -0.508 e. The van der Waals surface area contributed by atoms with Gasteiger partial charge in [0.1, 0.15) is 45.8 Å². The number of carbonyl (C=O) groups excluding carboxylic acids is 1. The van der Waals surface area contributed by atoms with Gasteiger partial charge in [0.05, 0.1) is 7.11 Å². The van der Waals surface area contributed by atoms with Crippen molar-refractivity contribution >= 4 is 24.7 Å². The zero-order valence-corrected chi connectivity index (χ0v) is 20.1. The lowest BCUT2D eigenvalue weighted by Gasteiger charge is -2.23. The molecular formula is C25H22NO9P. The van der Waals surface area contributed by atoms with Crippen LogP contribution < -0.4 is 19.6 Å². The van der Waals surface area contributed by atoms with Crippen LogP contribution in [0.25, 0.3) is 22.3 Å². The number of phenolic OH excluding ortho intramolecular Hbond substituents is 2. The van der Waals surface area contributed by atoms with Crippen molar-refractivity contribution < 1.29 is 37.8 Å². The van der Waals surface area contributed by atoms with Crippen LogP contribution >= 0.6 is 7.75 Å². The predicted octanol–water partition coefficient (Wildman–Crippen LogP) is 4.59. The van der Waals surface area contributed by atoms with Crippen LogP contribution in [0.4, 0.5) is 0 Å². The van der Waals surface area contributed by atoms with Crippen molar-refractivity contribution in [3.8, 4) is 34.3 Å². The van der Waals surface area contributed by atoms with E-state index in [1.807, 2.05) is 0 Å². The number of rotatable bonds is 8. The van der Waals surface area contributed by atoms with Crippen LogP contribution in [0.1, 0.15) is 6.92 Å². The number of phenols is 2. The summed E-state index contributed by atoms with van der Waals surface area (Å²) in [5.74, 6) is -0.933. The van der Waals surface area contributed by atoms with E-state index in [9.17, 15) is 24.4 Å². The summed E-state index contributed by atoms with van der Waals surface area (Å²) < 4.78 is 35.3. The average Bonchev–Trinajstić information content (AvgIpc) is 2.83. The summed E-state index contributed by atoms with van der Waals surface area (Å²) in [7, 11) is -3.10. The smallest absolute Gasteiger partial charge is 0.508 e. The first-order chi connectivity index (χ1) is 17.2. The van der Waals surface area contributed by atoms with Crippen molar-refractivity contribution in [2.24, 2.45) is 0 Å². The largest absolute Gasteiger partial charge is 0.513 e. The molecule has 0 saturated carbocycles. The Hall–Kier alpha value is -4.27. The summed E-state index contributed by atoms with van der Waals surface area (Å²) >= 11 is 0. The first-order valence-corrected chi connectivity index (χ1v) is 12.2. The summed E-state index contributed by atoms with van der Waals surface area (Å²) in [5, 5.41) is 22.4. The maximum Gasteiger partial charge on any atom is 0.513 e. The van der Waals surface area contributed by atoms with E-state index in [4.69, 9.17) is 13.5 Å². The van der Waals surface area contributed by atoms with Gasteiger partial charge in [0, 0.05) is 23.8 Å². The van der Waals surface area contributed by atoms with E-state index in [0.717, 1.165) is 6.07 Å². The first-order valence-electron chi connectivity index (χ1n) is 10.7. The van der Waals surface area contributed by atoms with Crippen molar-refractivity contribution in [2.45, 2.75) is 13.0 Å². The predicted molar refractivity (Wildman–Crippen MR) is 131 cm³/mol. The zero-order chi connectivity index (χ0) is 25.9. The standard InChI is InChI=1S/C25H22NO9P/c1-15(25(30)32-2)26-36(31,34-18-6-4-3-5-7-18)35-19-12-20(28)24-21(29)14-22(33-23(24)13-19)16-8-10-17(27)11-9-16/h3-15,27-28H,1-2H3,(H,26,31)/t15-,36?/m0/s1. The Labute approximate surface area is 205 Å². The Morgan fingerprint density at radius 1 is 0.972 bits per heavy atom. The summed E-state index contributed by atoms with van der Waals surface area (Å²) in [4.78, 5) is 24.6. The minimum atomic E-state index is -4.28. The number of nitrogens with one attached hydrogen (secondary N) is 1. The Morgan fingerprint density at radius 3 is 2.31 bits per heavy atom. The molecule has 4 aromatic rings. The SMILES string of the molecule is COC(=O)[C@H](C)NP(=O)(Oc1ccccc1)Oc1cc(O)c2c(=O)cc(-c3ccc(O)cc3)oc2c1. The van der Waals surface area contributed by atoms with Gasteiger partial charge in [-0.3, -0.25) is 9.59 Å². The first kappa shape index (κ1) is 24.8. The van der Waals surface area contributed by atoms with Gasteiger partial charge in [-0.15, -0.1) is 0 Å². The molecule has 11 heteroatoms. The van der Waals surface area contributed by atoms with Gasteiger partial charge < -0.3 is 28.4 Å². The van der Waals surface area contributed by atoms with Crippen molar-refractivity contribution in [1.29, 1.82) is 0 Å². The average molecular weight is 511 g/mol. The fraction of sp³-hybridized carbons (Fsp3) is 0.120. The molecule has 0 radical (unpaired) electrons. The normalized spacial score (nSPS) is 13.5. The highest BCUT2D eigenvalue weighted by molar-refractivity contribution is 7.52. The van der Waals surface area contributed by atoms with E-state index in [2.05, 4.69) is 9.82 Å². The molecule has 0 aliphatic heterocycles. The van der Waals surface area contributed by atoms with Gasteiger partial charge in [-0.25, -0.2) is 4.57 Å². The number of fused-ring (bicyclic) bond motifs is 1. The highest BCUT2D eigenvalue weighted by atomic mass is 31.2. The number of hydrogen-bond acceptors (Lipinski definition) is 9. The molecule has 1 heterocycles. The number of carbonyl (C=O) groups is 1. The number of esters is 1. The van der Waals surface area contributed by atoms with Crippen LogP contribution in [0.5, 0.6) is 23.0 Å². The Balaban J connectivity index is 1.75. The second-order valence-electron chi connectivity index (χ2n) is 7.70. The molecule has 0 amide bonds. The van der Waals surface area contributed by atoms with Crippen LogP contribution in [0.3, 0.4) is 0 Å². The zero-order valence-electron chi connectivity index (χ0n) is 19.2. The third-order valence-corrected chi connectivity index (χ3v) is 6.64. The number of ether oxygens (including phenoxy) is 1. The fourth-order valence-corrected chi connectivity index (χ4v) is 4.87. The van der Waals surface area contributed by atoms with Crippen LogP contribution in [0.15, 0.2) is 82.0 Å². The fourth-order valence-electron chi connectivity index (χ4n) is 3.36. The van der Waals surface area contributed by atoms with E-state index in [1.165, 1.54) is 38.3 Å². The van der Waals surface area contributed by atoms with Crippen molar-refractivity contribution in [3.63, 3.8) is 0 Å². The molecule has 1 aromatic heterocycles. The molecule has 0 bridgehead atoms. The molecule has 0 saturated heterocycles. The van der Waals surface area contributed by atoms with E-state index >= 15 is 0 Å². The number of aromatic hydroxyl groups is 2. The van der Waals surface area contributed by atoms with Crippen LogP contribution in [0.2, 0.25) is 0 Å². The van der Waals surface area contributed by atoms with E-state index < -0.39 is 30.9 Å². The molecule has 4 rings (SSSR count). The van der Waals surface area contributed by atoms with Crippen LogP contribution in [-0.2, 0) is 14.1 Å². The molecule has 10 nitrogen and oxygen atoms in total. The number of hydrogen-bond donors (Lipinski definition) is 3. The van der Waals surface area contributed by atoms with Gasteiger partial charge >= 0.3 is 13.7 Å². The molecule has 3 N–H and O–H groups in total. The molecule has 186 valence electrons. The monoisotopic (exact) mass is 511 g/mol. The number of benzene rings is 3. The van der Waals surface area contributed by atoms with Crippen molar-refractivity contribution in [2.75, 3.05) is 7.11 Å². The maximum absolute atomic E-state index is 13.7. The molecule has 0 aliphatic carbocycles. The summed E-state index contributed by atoms with van der Waals surface area (Å²) in [6, 6.07) is 16.6. The highest BCUT2D eigenvalue weighted by Gasteiger charge is 2.34. The summed E-state index contributed by atoms with van der Waals surface area (Å²) in [6.07, 6.45) is 0.